The van der Waals surface area contributed by atoms with E-state index in [2.05, 4.69) is 16.2 Å². The van der Waals surface area contributed by atoms with Crippen LogP contribution in [0.5, 0.6) is 5.88 Å². The van der Waals surface area contributed by atoms with Crippen LogP contribution in [0.15, 0.2) is 48.7 Å². The Bertz CT molecular complexity index is 618. The van der Waals surface area contributed by atoms with Gasteiger partial charge in [-0.2, -0.15) is 0 Å². The van der Waals surface area contributed by atoms with Crippen LogP contribution in [0.2, 0.25) is 0 Å². The molecule has 20 heavy (non-hydrogen) atoms. The molecule has 0 aliphatic rings. The molecule has 2 aromatic rings. The maximum absolute atomic E-state index is 11.7. The number of carbonyl (C=O) groups excluding carboxylic acids is 1. The first-order valence-corrected chi connectivity index (χ1v) is 6.14. The van der Waals surface area contributed by atoms with Gasteiger partial charge in [-0.1, -0.05) is 36.3 Å². The summed E-state index contributed by atoms with van der Waals surface area (Å²) in [5.74, 6) is 2.51. The zero-order valence-electron chi connectivity index (χ0n) is 10.9. The van der Waals surface area contributed by atoms with Gasteiger partial charge in [0, 0.05) is 17.8 Å². The number of aromatic nitrogens is 1. The first-order chi connectivity index (χ1) is 9.79. The van der Waals surface area contributed by atoms with Gasteiger partial charge < -0.3 is 10.1 Å². The Morgan fingerprint density at radius 1 is 1.30 bits per heavy atom. The Balaban J connectivity index is 1.99. The second kappa shape index (κ2) is 6.95. The third-order valence-corrected chi connectivity index (χ3v) is 2.58. The van der Waals surface area contributed by atoms with Crippen molar-refractivity contribution >= 4 is 5.91 Å². The molecule has 1 aromatic heterocycles. The monoisotopic (exact) mass is 266 g/mol. The smallest absolute Gasteiger partial charge is 0.252 e. The molecule has 100 valence electrons. The van der Waals surface area contributed by atoms with E-state index in [4.69, 9.17) is 11.2 Å². The van der Waals surface area contributed by atoms with Crippen molar-refractivity contribution in [2.75, 3.05) is 6.54 Å². The summed E-state index contributed by atoms with van der Waals surface area (Å²) >= 11 is 0. The van der Waals surface area contributed by atoms with Gasteiger partial charge in [0.05, 0.1) is 6.54 Å². The van der Waals surface area contributed by atoms with Crippen LogP contribution in [0, 0.1) is 12.3 Å². The summed E-state index contributed by atoms with van der Waals surface area (Å²) in [5, 5.41) is 2.59. The molecular formula is C16H14N2O2. The molecule has 2 rings (SSSR count). The zero-order chi connectivity index (χ0) is 14.2. The van der Waals surface area contributed by atoms with E-state index in [1.807, 2.05) is 30.3 Å². The van der Waals surface area contributed by atoms with Gasteiger partial charge in [-0.15, -0.1) is 6.42 Å². The number of rotatable bonds is 5. The average molecular weight is 266 g/mol. The molecular weight excluding hydrogens is 252 g/mol. The molecule has 4 nitrogen and oxygen atoms in total. The molecule has 0 aliphatic heterocycles. The number of pyridine rings is 1. The van der Waals surface area contributed by atoms with E-state index < -0.39 is 0 Å². The number of hydrogen-bond donors (Lipinski definition) is 1. The van der Waals surface area contributed by atoms with Gasteiger partial charge in [0.1, 0.15) is 6.61 Å². The summed E-state index contributed by atoms with van der Waals surface area (Å²) in [5.41, 5.74) is 1.51. The van der Waals surface area contributed by atoms with Crippen molar-refractivity contribution in [1.29, 1.82) is 0 Å². The Morgan fingerprint density at radius 2 is 2.10 bits per heavy atom. The van der Waals surface area contributed by atoms with Gasteiger partial charge in [0.15, 0.2) is 0 Å². The molecule has 1 N–H and O–H groups in total. The quantitative estimate of drug-likeness (QED) is 0.842. The fourth-order valence-corrected chi connectivity index (χ4v) is 1.59. The Kier molecular flexibility index (Phi) is 4.74. The van der Waals surface area contributed by atoms with Crippen molar-refractivity contribution in [2.24, 2.45) is 0 Å². The predicted molar refractivity (Wildman–Crippen MR) is 76.2 cm³/mol. The maximum atomic E-state index is 11.7. The minimum absolute atomic E-state index is 0.196. The molecule has 1 aromatic carbocycles. The van der Waals surface area contributed by atoms with Crippen LogP contribution < -0.4 is 10.1 Å². The number of nitrogens with zero attached hydrogens (tertiary/aromatic N) is 1. The number of hydrogen-bond acceptors (Lipinski definition) is 3. The van der Waals surface area contributed by atoms with Gasteiger partial charge in [-0.3, -0.25) is 4.79 Å². The van der Waals surface area contributed by atoms with Crippen LogP contribution in [-0.4, -0.2) is 17.4 Å². The molecule has 1 amide bonds. The maximum Gasteiger partial charge on any atom is 0.252 e. The number of amides is 1. The van der Waals surface area contributed by atoms with E-state index in [1.165, 1.54) is 6.20 Å². The highest BCUT2D eigenvalue weighted by atomic mass is 16.5. The van der Waals surface area contributed by atoms with Crippen molar-refractivity contribution in [3.63, 3.8) is 0 Å². The lowest BCUT2D eigenvalue weighted by Gasteiger charge is -2.07. The summed E-state index contributed by atoms with van der Waals surface area (Å²) < 4.78 is 5.56. The molecule has 0 unspecified atom stereocenters. The summed E-state index contributed by atoms with van der Waals surface area (Å²) in [7, 11) is 0. The minimum Gasteiger partial charge on any atom is -0.473 e. The Morgan fingerprint density at radius 3 is 2.85 bits per heavy atom. The Labute approximate surface area is 117 Å². The van der Waals surface area contributed by atoms with Crippen LogP contribution in [0.25, 0.3) is 0 Å². The topological polar surface area (TPSA) is 51.2 Å². The van der Waals surface area contributed by atoms with Crippen LogP contribution in [-0.2, 0) is 6.61 Å². The molecule has 0 radical (unpaired) electrons. The molecule has 0 saturated heterocycles. The normalized spacial score (nSPS) is 9.55. The molecule has 0 atom stereocenters. The molecule has 0 fully saturated rings. The highest BCUT2D eigenvalue weighted by Gasteiger charge is 2.06. The third-order valence-electron chi connectivity index (χ3n) is 2.58. The Hall–Kier alpha value is -2.80. The first kappa shape index (κ1) is 13.6. The largest absolute Gasteiger partial charge is 0.473 e. The molecule has 0 bridgehead atoms. The van der Waals surface area contributed by atoms with Crippen molar-refractivity contribution in [1.82, 2.24) is 10.3 Å². The number of ether oxygens (including phenoxy) is 1. The highest BCUT2D eigenvalue weighted by molar-refractivity contribution is 5.94. The first-order valence-electron chi connectivity index (χ1n) is 6.14. The highest BCUT2D eigenvalue weighted by Crippen LogP contribution is 2.11. The molecule has 0 saturated carbocycles. The lowest BCUT2D eigenvalue weighted by molar-refractivity contribution is 0.0958. The van der Waals surface area contributed by atoms with Crippen LogP contribution in [0.4, 0.5) is 0 Å². The molecule has 4 heteroatoms. The SMILES string of the molecule is C#CCNC(=O)c1ccnc(OCc2ccccc2)c1. The van der Waals surface area contributed by atoms with E-state index in [9.17, 15) is 4.79 Å². The van der Waals surface area contributed by atoms with Crippen molar-refractivity contribution in [2.45, 2.75) is 6.61 Å². The second-order valence-corrected chi connectivity index (χ2v) is 4.04. The van der Waals surface area contributed by atoms with Crippen molar-refractivity contribution in [3.8, 4) is 18.2 Å². The van der Waals surface area contributed by atoms with Gasteiger partial charge >= 0.3 is 0 Å². The van der Waals surface area contributed by atoms with Gasteiger partial charge in [-0.05, 0) is 11.6 Å². The second-order valence-electron chi connectivity index (χ2n) is 4.04. The van der Waals surface area contributed by atoms with Crippen molar-refractivity contribution in [3.05, 3.63) is 59.8 Å². The number of benzene rings is 1. The van der Waals surface area contributed by atoms with E-state index in [0.29, 0.717) is 18.1 Å². The van der Waals surface area contributed by atoms with Crippen LogP contribution in [0.1, 0.15) is 15.9 Å². The van der Waals surface area contributed by atoms with Crippen LogP contribution >= 0.6 is 0 Å². The lowest BCUT2D eigenvalue weighted by Crippen LogP contribution is -2.23. The van der Waals surface area contributed by atoms with E-state index in [-0.39, 0.29) is 12.5 Å². The standard InChI is InChI=1S/C16H14N2O2/c1-2-9-18-16(19)14-8-10-17-15(11-14)20-12-13-6-4-3-5-7-13/h1,3-8,10-11H,9,12H2,(H,18,19). The van der Waals surface area contributed by atoms with E-state index in [1.54, 1.807) is 12.1 Å². The summed E-state index contributed by atoms with van der Waals surface area (Å²) in [6, 6.07) is 13.0. The fraction of sp³-hybridized carbons (Fsp3) is 0.125. The fourth-order valence-electron chi connectivity index (χ4n) is 1.59. The van der Waals surface area contributed by atoms with Gasteiger partial charge in [0.2, 0.25) is 5.88 Å². The van der Waals surface area contributed by atoms with Crippen LogP contribution in [0.3, 0.4) is 0 Å². The molecule has 0 aliphatic carbocycles. The molecule has 0 spiro atoms. The minimum atomic E-state index is -0.241. The predicted octanol–water partition coefficient (Wildman–Crippen LogP) is 2.02. The molecule has 1 heterocycles. The number of nitrogens with one attached hydrogen (secondary N) is 1. The summed E-state index contributed by atoms with van der Waals surface area (Å²) in [4.78, 5) is 15.8. The third kappa shape index (κ3) is 3.85. The van der Waals surface area contributed by atoms with Gasteiger partial charge in [-0.25, -0.2) is 4.98 Å². The summed E-state index contributed by atoms with van der Waals surface area (Å²) in [6.45, 7) is 0.602. The number of terminal acetylenes is 1. The van der Waals surface area contributed by atoms with E-state index in [0.717, 1.165) is 5.56 Å². The summed E-state index contributed by atoms with van der Waals surface area (Å²) in [6.07, 6.45) is 6.63. The zero-order valence-corrected chi connectivity index (χ0v) is 10.9. The van der Waals surface area contributed by atoms with Gasteiger partial charge in [0.25, 0.3) is 5.91 Å². The van der Waals surface area contributed by atoms with E-state index >= 15 is 0 Å². The lowest BCUT2D eigenvalue weighted by atomic mass is 10.2. The average Bonchev–Trinajstić information content (AvgIpc) is 2.52. The van der Waals surface area contributed by atoms with Crippen molar-refractivity contribution < 1.29 is 9.53 Å². The number of carbonyl (C=O) groups is 1.